The van der Waals surface area contributed by atoms with Gasteiger partial charge in [-0.1, -0.05) is 72.8 Å². The summed E-state index contributed by atoms with van der Waals surface area (Å²) in [5.74, 6) is 0. The van der Waals surface area contributed by atoms with Gasteiger partial charge in [-0.15, -0.1) is 0 Å². The highest BCUT2D eigenvalue weighted by Gasteiger charge is 2.14. The maximum Gasteiger partial charge on any atom is 0.0604 e. The van der Waals surface area contributed by atoms with E-state index in [1.807, 2.05) is 0 Å². The number of fused-ring (bicyclic) bond motifs is 3. The van der Waals surface area contributed by atoms with Gasteiger partial charge in [-0.3, -0.25) is 0 Å². The van der Waals surface area contributed by atoms with Gasteiger partial charge in [0.1, 0.15) is 0 Å². The van der Waals surface area contributed by atoms with Crippen LogP contribution in [-0.4, -0.2) is 4.57 Å². The van der Waals surface area contributed by atoms with E-state index in [1.165, 1.54) is 32.9 Å². The Hall–Kier alpha value is -2.84. The Morgan fingerprint density at radius 2 is 1.23 bits per heavy atom. The highest BCUT2D eigenvalue weighted by Crippen LogP contribution is 2.36. The van der Waals surface area contributed by atoms with E-state index in [-0.39, 0.29) is 0 Å². The molecule has 0 radical (unpaired) electrons. The number of benzene rings is 4. The third-order valence-electron chi connectivity index (χ3n) is 4.87. The number of nitrogens with zero attached hydrogens (tertiary/aromatic N) is 1. The smallest absolute Gasteiger partial charge is 0.0604 e. The number of aromatic nitrogens is 1. The van der Waals surface area contributed by atoms with Crippen molar-refractivity contribution in [3.8, 4) is 16.8 Å². The van der Waals surface area contributed by atoms with Crippen molar-refractivity contribution >= 4 is 37.7 Å². The van der Waals surface area contributed by atoms with E-state index < -0.39 is 0 Å². The van der Waals surface area contributed by atoms with Crippen LogP contribution in [0.1, 0.15) is 0 Å². The second-order valence-electron chi connectivity index (χ2n) is 6.40. The molecule has 0 saturated heterocycles. The van der Waals surface area contributed by atoms with Crippen LogP contribution in [0.2, 0.25) is 0 Å². The van der Waals surface area contributed by atoms with E-state index in [1.54, 1.807) is 0 Å². The van der Waals surface area contributed by atoms with Crippen LogP contribution in [0.15, 0.2) is 102 Å². The van der Waals surface area contributed by atoms with Gasteiger partial charge in [-0.2, -0.15) is 0 Å². The van der Waals surface area contributed by atoms with Crippen molar-refractivity contribution in [3.63, 3.8) is 0 Å². The monoisotopic (exact) mass is 397 g/mol. The van der Waals surface area contributed by atoms with Crippen LogP contribution < -0.4 is 0 Å². The number of rotatable bonds is 2. The van der Waals surface area contributed by atoms with Crippen molar-refractivity contribution in [2.75, 3.05) is 0 Å². The van der Waals surface area contributed by atoms with Crippen molar-refractivity contribution in [2.24, 2.45) is 0 Å². The molecule has 1 heterocycles. The highest BCUT2D eigenvalue weighted by molar-refractivity contribution is 9.10. The van der Waals surface area contributed by atoms with Crippen LogP contribution >= 0.6 is 15.9 Å². The number of hydrogen-bond donors (Lipinski definition) is 0. The van der Waals surface area contributed by atoms with Crippen LogP contribution in [-0.2, 0) is 0 Å². The second-order valence-corrected chi connectivity index (χ2v) is 7.26. The molecule has 0 N–H and O–H groups in total. The van der Waals surface area contributed by atoms with Crippen molar-refractivity contribution in [1.82, 2.24) is 4.57 Å². The predicted molar refractivity (Wildman–Crippen MR) is 114 cm³/mol. The summed E-state index contributed by atoms with van der Waals surface area (Å²) in [6.07, 6.45) is 0. The molecule has 2 heteroatoms. The summed E-state index contributed by atoms with van der Waals surface area (Å²) >= 11 is 3.73. The molecule has 0 amide bonds. The fourth-order valence-electron chi connectivity index (χ4n) is 3.67. The summed E-state index contributed by atoms with van der Waals surface area (Å²) in [5.41, 5.74) is 6.07. The molecule has 0 bridgehead atoms. The van der Waals surface area contributed by atoms with Gasteiger partial charge < -0.3 is 4.57 Å². The molecule has 0 aliphatic rings. The SMILES string of the molecule is Brc1ccccc1-n1c2ccccc2c2ccc(-c3ccccc3)cc21. The van der Waals surface area contributed by atoms with Gasteiger partial charge in [0.2, 0.25) is 0 Å². The number of halogens is 1. The van der Waals surface area contributed by atoms with Crippen LogP contribution in [0.5, 0.6) is 0 Å². The van der Waals surface area contributed by atoms with Gasteiger partial charge in [-0.05, 0) is 51.3 Å². The lowest BCUT2D eigenvalue weighted by Gasteiger charge is -2.10. The fraction of sp³-hybridized carbons (Fsp3) is 0. The molecule has 124 valence electrons. The van der Waals surface area contributed by atoms with Crippen molar-refractivity contribution < 1.29 is 0 Å². The molecule has 0 unspecified atom stereocenters. The molecular formula is C24H16BrN. The third kappa shape index (κ3) is 2.38. The van der Waals surface area contributed by atoms with Crippen molar-refractivity contribution in [1.29, 1.82) is 0 Å². The Morgan fingerprint density at radius 1 is 0.538 bits per heavy atom. The first kappa shape index (κ1) is 15.4. The zero-order valence-electron chi connectivity index (χ0n) is 14.1. The van der Waals surface area contributed by atoms with Gasteiger partial charge in [0.15, 0.2) is 0 Å². The minimum Gasteiger partial charge on any atom is -0.308 e. The molecule has 5 rings (SSSR count). The average molecular weight is 398 g/mol. The van der Waals surface area contributed by atoms with Crippen LogP contribution in [0.4, 0.5) is 0 Å². The lowest BCUT2D eigenvalue weighted by Crippen LogP contribution is -1.94. The molecule has 0 aliphatic heterocycles. The lowest BCUT2D eigenvalue weighted by atomic mass is 10.0. The van der Waals surface area contributed by atoms with E-state index in [2.05, 4.69) is 118 Å². The molecule has 1 nitrogen and oxygen atoms in total. The first-order valence-electron chi connectivity index (χ1n) is 8.66. The van der Waals surface area contributed by atoms with Crippen molar-refractivity contribution in [3.05, 3.63) is 102 Å². The molecule has 26 heavy (non-hydrogen) atoms. The summed E-state index contributed by atoms with van der Waals surface area (Å²) < 4.78 is 3.44. The Kier molecular flexibility index (Phi) is 3.65. The summed E-state index contributed by atoms with van der Waals surface area (Å²) in [6.45, 7) is 0. The van der Waals surface area contributed by atoms with Gasteiger partial charge in [0.25, 0.3) is 0 Å². The zero-order chi connectivity index (χ0) is 17.5. The van der Waals surface area contributed by atoms with Crippen molar-refractivity contribution in [2.45, 2.75) is 0 Å². The Balaban J connectivity index is 1.90. The minimum atomic E-state index is 1.09. The van der Waals surface area contributed by atoms with Gasteiger partial charge >= 0.3 is 0 Å². The second kappa shape index (κ2) is 6.15. The quantitative estimate of drug-likeness (QED) is 0.296. The molecule has 0 spiro atoms. The van der Waals surface area contributed by atoms with E-state index in [4.69, 9.17) is 0 Å². The molecule has 1 aromatic heterocycles. The molecule has 4 aromatic carbocycles. The first-order valence-corrected chi connectivity index (χ1v) is 9.46. The van der Waals surface area contributed by atoms with E-state index in [9.17, 15) is 0 Å². The Bertz CT molecular complexity index is 1240. The van der Waals surface area contributed by atoms with Crippen LogP contribution in [0.3, 0.4) is 0 Å². The summed E-state index contributed by atoms with van der Waals surface area (Å²) in [7, 11) is 0. The van der Waals surface area contributed by atoms with E-state index in [0.717, 1.165) is 10.2 Å². The van der Waals surface area contributed by atoms with Crippen LogP contribution in [0.25, 0.3) is 38.6 Å². The topological polar surface area (TPSA) is 4.93 Å². The predicted octanol–water partition coefficient (Wildman–Crippen LogP) is 7.21. The zero-order valence-corrected chi connectivity index (χ0v) is 15.6. The molecule has 0 fully saturated rings. The molecular weight excluding hydrogens is 382 g/mol. The Morgan fingerprint density at radius 3 is 2.08 bits per heavy atom. The van der Waals surface area contributed by atoms with Crippen LogP contribution in [0, 0.1) is 0 Å². The number of hydrogen-bond acceptors (Lipinski definition) is 0. The molecule has 0 atom stereocenters. The molecule has 5 aromatic rings. The largest absolute Gasteiger partial charge is 0.308 e. The van der Waals surface area contributed by atoms with Gasteiger partial charge in [-0.25, -0.2) is 0 Å². The maximum atomic E-state index is 3.73. The standard InChI is InChI=1S/C24H16BrN/c25-21-11-5-7-13-23(21)26-22-12-6-4-10-19(22)20-15-14-18(16-24(20)26)17-8-2-1-3-9-17/h1-16H. The highest BCUT2D eigenvalue weighted by atomic mass is 79.9. The molecule has 0 saturated carbocycles. The average Bonchev–Trinajstić information content (AvgIpc) is 3.03. The first-order chi connectivity index (χ1) is 12.8. The summed E-state index contributed by atoms with van der Waals surface area (Å²) in [5, 5.41) is 2.55. The summed E-state index contributed by atoms with van der Waals surface area (Å²) in [6, 6.07) is 34.3. The molecule has 0 aliphatic carbocycles. The fourth-order valence-corrected chi connectivity index (χ4v) is 4.14. The number of para-hydroxylation sites is 2. The minimum absolute atomic E-state index is 1.09. The lowest BCUT2D eigenvalue weighted by molar-refractivity contribution is 1.17. The van der Waals surface area contributed by atoms with E-state index in [0.29, 0.717) is 0 Å². The Labute approximate surface area is 160 Å². The van der Waals surface area contributed by atoms with Gasteiger partial charge in [0.05, 0.1) is 16.7 Å². The third-order valence-corrected chi connectivity index (χ3v) is 5.54. The summed E-state index contributed by atoms with van der Waals surface area (Å²) in [4.78, 5) is 0. The van der Waals surface area contributed by atoms with Gasteiger partial charge in [0, 0.05) is 15.2 Å². The normalized spacial score (nSPS) is 11.3. The van der Waals surface area contributed by atoms with E-state index >= 15 is 0 Å². The maximum absolute atomic E-state index is 3.73.